The first kappa shape index (κ1) is 15.4. The zero-order chi connectivity index (χ0) is 15.6. The van der Waals surface area contributed by atoms with Gasteiger partial charge in [0.1, 0.15) is 5.75 Å². The molecule has 0 unspecified atom stereocenters. The molecule has 22 heavy (non-hydrogen) atoms. The second kappa shape index (κ2) is 6.34. The van der Waals surface area contributed by atoms with Crippen molar-refractivity contribution < 1.29 is 14.6 Å². The van der Waals surface area contributed by atoms with E-state index in [-0.39, 0.29) is 24.4 Å². The molecule has 1 aromatic carbocycles. The lowest BCUT2D eigenvalue weighted by Gasteiger charge is -2.46. The van der Waals surface area contributed by atoms with Crippen molar-refractivity contribution in [2.45, 2.75) is 38.3 Å². The predicted molar refractivity (Wildman–Crippen MR) is 84.0 cm³/mol. The Hall–Kier alpha value is -1.46. The van der Waals surface area contributed by atoms with Crippen molar-refractivity contribution in [2.75, 3.05) is 13.2 Å². The second-order valence-electron chi connectivity index (χ2n) is 6.34. The number of phenols is 1. The zero-order valence-electron chi connectivity index (χ0n) is 12.4. The van der Waals surface area contributed by atoms with E-state index in [9.17, 15) is 9.90 Å². The fourth-order valence-electron chi connectivity index (χ4n) is 3.17. The van der Waals surface area contributed by atoms with Gasteiger partial charge in [-0.25, -0.2) is 4.79 Å². The van der Waals surface area contributed by atoms with E-state index in [4.69, 9.17) is 16.3 Å². The summed E-state index contributed by atoms with van der Waals surface area (Å²) in [6.45, 7) is 2.00. The van der Waals surface area contributed by atoms with Crippen LogP contribution in [0.3, 0.4) is 0 Å². The molecule has 3 N–H and O–H groups in total. The molecule has 0 aromatic heterocycles. The van der Waals surface area contributed by atoms with Crippen LogP contribution in [0.25, 0.3) is 0 Å². The summed E-state index contributed by atoms with van der Waals surface area (Å²) in [5.74, 6) is 0.0223. The third kappa shape index (κ3) is 3.31. The Morgan fingerprint density at radius 2 is 2.09 bits per heavy atom. The number of ether oxygens (including phenoxy) is 1. The zero-order valence-corrected chi connectivity index (χ0v) is 13.2. The number of para-hydroxylation sites is 1. The average molecular weight is 325 g/mol. The highest BCUT2D eigenvalue weighted by atomic mass is 35.5. The fourth-order valence-corrected chi connectivity index (χ4v) is 3.36. The van der Waals surface area contributed by atoms with Crippen LogP contribution < -0.4 is 10.6 Å². The molecule has 1 aromatic rings. The molecule has 120 valence electrons. The van der Waals surface area contributed by atoms with E-state index in [1.54, 1.807) is 18.2 Å². The van der Waals surface area contributed by atoms with Crippen molar-refractivity contribution >= 4 is 17.6 Å². The number of hydrogen-bond donors (Lipinski definition) is 3. The number of phenolic OH excluding ortho intramolecular Hbond substituents is 1. The van der Waals surface area contributed by atoms with Crippen molar-refractivity contribution in [2.24, 2.45) is 5.41 Å². The molecular formula is C16H21ClN2O3. The van der Waals surface area contributed by atoms with Crippen LogP contribution in [-0.4, -0.2) is 30.4 Å². The van der Waals surface area contributed by atoms with Gasteiger partial charge >= 0.3 is 6.03 Å². The van der Waals surface area contributed by atoms with Gasteiger partial charge in [0, 0.05) is 23.6 Å². The third-order valence-corrected chi connectivity index (χ3v) is 5.01. The molecule has 0 bridgehead atoms. The minimum Gasteiger partial charge on any atom is -0.506 e. The van der Waals surface area contributed by atoms with Crippen LogP contribution in [0.15, 0.2) is 18.2 Å². The maximum atomic E-state index is 12.0. The molecule has 2 aliphatic rings. The lowest BCUT2D eigenvalue weighted by atomic mass is 9.71. The molecule has 5 nitrogen and oxygen atoms in total. The molecule has 1 saturated carbocycles. The van der Waals surface area contributed by atoms with Crippen molar-refractivity contribution in [3.63, 3.8) is 0 Å². The smallest absolute Gasteiger partial charge is 0.315 e. The summed E-state index contributed by atoms with van der Waals surface area (Å²) in [5, 5.41) is 15.9. The van der Waals surface area contributed by atoms with E-state index in [0.29, 0.717) is 16.0 Å². The van der Waals surface area contributed by atoms with E-state index in [0.717, 1.165) is 38.9 Å². The van der Waals surface area contributed by atoms with E-state index >= 15 is 0 Å². The monoisotopic (exact) mass is 324 g/mol. The molecule has 1 spiro atoms. The summed E-state index contributed by atoms with van der Waals surface area (Å²) in [6.07, 6.45) is 4.23. The number of carbonyl (C=O) groups excluding carboxylic acids is 1. The van der Waals surface area contributed by atoms with Crippen LogP contribution in [0.5, 0.6) is 5.75 Å². The molecule has 1 heterocycles. The molecule has 3 rings (SSSR count). The molecule has 2 amide bonds. The van der Waals surface area contributed by atoms with Gasteiger partial charge in [-0.05, 0) is 31.7 Å². The molecule has 0 atom stereocenters. The van der Waals surface area contributed by atoms with Gasteiger partial charge in [-0.1, -0.05) is 23.7 Å². The number of amides is 2. The molecule has 1 aliphatic carbocycles. The number of carbonyl (C=O) groups is 1. The highest BCUT2D eigenvalue weighted by molar-refractivity contribution is 6.32. The number of urea groups is 1. The van der Waals surface area contributed by atoms with Crippen molar-refractivity contribution in [1.82, 2.24) is 10.6 Å². The first-order valence-corrected chi connectivity index (χ1v) is 8.04. The van der Waals surface area contributed by atoms with Crippen molar-refractivity contribution in [3.8, 4) is 5.75 Å². The quantitative estimate of drug-likeness (QED) is 0.800. The third-order valence-electron chi connectivity index (χ3n) is 4.71. The molecular weight excluding hydrogens is 304 g/mol. The average Bonchev–Trinajstić information content (AvgIpc) is 2.48. The van der Waals surface area contributed by atoms with Crippen LogP contribution in [0.4, 0.5) is 4.79 Å². The van der Waals surface area contributed by atoms with Gasteiger partial charge in [-0.3, -0.25) is 0 Å². The van der Waals surface area contributed by atoms with Gasteiger partial charge < -0.3 is 20.5 Å². The topological polar surface area (TPSA) is 70.6 Å². The molecule has 1 saturated heterocycles. The van der Waals surface area contributed by atoms with Crippen molar-refractivity contribution in [1.29, 1.82) is 0 Å². The van der Waals surface area contributed by atoms with Crippen LogP contribution in [-0.2, 0) is 11.3 Å². The summed E-state index contributed by atoms with van der Waals surface area (Å²) < 4.78 is 5.31. The SMILES string of the molecule is O=C(NCc1cccc(Cl)c1O)NC1CCC2(CC1)COC2. The highest BCUT2D eigenvalue weighted by Gasteiger charge is 2.41. The standard InChI is InChI=1S/C16H21ClN2O3/c17-13-3-1-2-11(14(13)20)8-18-15(21)19-12-4-6-16(7-5-12)9-22-10-16/h1-3,12,20H,4-10H2,(H2,18,19,21). The summed E-state index contributed by atoms with van der Waals surface area (Å²) in [7, 11) is 0. The van der Waals surface area contributed by atoms with Crippen LogP contribution >= 0.6 is 11.6 Å². The Kier molecular flexibility index (Phi) is 4.45. The summed E-state index contributed by atoms with van der Waals surface area (Å²) in [4.78, 5) is 12.0. The predicted octanol–water partition coefficient (Wildman–Crippen LogP) is 2.80. The molecule has 0 radical (unpaired) electrons. The minimum atomic E-state index is -0.204. The second-order valence-corrected chi connectivity index (χ2v) is 6.75. The maximum Gasteiger partial charge on any atom is 0.315 e. The Bertz CT molecular complexity index is 550. The number of nitrogens with one attached hydrogen (secondary N) is 2. The van der Waals surface area contributed by atoms with Gasteiger partial charge in [-0.2, -0.15) is 0 Å². The minimum absolute atomic E-state index is 0.0223. The number of rotatable bonds is 3. The van der Waals surface area contributed by atoms with Crippen LogP contribution in [0.1, 0.15) is 31.2 Å². The molecule has 6 heteroatoms. The molecule has 1 aliphatic heterocycles. The van der Waals surface area contributed by atoms with Crippen LogP contribution in [0.2, 0.25) is 5.02 Å². The van der Waals surface area contributed by atoms with Gasteiger partial charge in [0.2, 0.25) is 0 Å². The van der Waals surface area contributed by atoms with Crippen LogP contribution in [0, 0.1) is 5.41 Å². The Balaban J connectivity index is 1.44. The van der Waals surface area contributed by atoms with E-state index in [1.165, 1.54) is 0 Å². The van der Waals surface area contributed by atoms with E-state index in [2.05, 4.69) is 10.6 Å². The van der Waals surface area contributed by atoms with Gasteiger partial charge in [0.25, 0.3) is 0 Å². The first-order chi connectivity index (χ1) is 10.6. The summed E-state index contributed by atoms with van der Waals surface area (Å²) in [5.41, 5.74) is 0.998. The Morgan fingerprint density at radius 1 is 1.36 bits per heavy atom. The molecule has 2 fully saturated rings. The Morgan fingerprint density at radius 3 is 2.73 bits per heavy atom. The number of hydrogen-bond acceptors (Lipinski definition) is 3. The fraction of sp³-hybridized carbons (Fsp3) is 0.562. The van der Waals surface area contributed by atoms with Gasteiger partial charge in [-0.15, -0.1) is 0 Å². The summed E-state index contributed by atoms with van der Waals surface area (Å²) >= 11 is 5.84. The normalized spacial score (nSPS) is 20.4. The number of benzene rings is 1. The first-order valence-electron chi connectivity index (χ1n) is 7.66. The number of aromatic hydroxyl groups is 1. The summed E-state index contributed by atoms with van der Waals surface area (Å²) in [6, 6.07) is 5.12. The van der Waals surface area contributed by atoms with Gasteiger partial charge in [0.05, 0.1) is 18.2 Å². The van der Waals surface area contributed by atoms with Crippen molar-refractivity contribution in [3.05, 3.63) is 28.8 Å². The highest BCUT2D eigenvalue weighted by Crippen LogP contribution is 2.42. The maximum absolute atomic E-state index is 12.0. The van der Waals surface area contributed by atoms with E-state index < -0.39 is 0 Å². The lowest BCUT2D eigenvalue weighted by Crippen LogP contribution is -2.50. The lowest BCUT2D eigenvalue weighted by molar-refractivity contribution is -0.133. The van der Waals surface area contributed by atoms with Gasteiger partial charge in [0.15, 0.2) is 0 Å². The number of halogens is 1. The van der Waals surface area contributed by atoms with E-state index in [1.807, 2.05) is 0 Å². The Labute approximate surface area is 135 Å². The largest absolute Gasteiger partial charge is 0.506 e.